The highest BCUT2D eigenvalue weighted by atomic mass is 32.2. The molecular weight excluding hydrogens is 362 g/mol. The molecule has 0 radical (unpaired) electrons. The fourth-order valence-corrected chi connectivity index (χ4v) is 3.31. The molecule has 0 spiro atoms. The quantitative estimate of drug-likeness (QED) is 0.609. The van der Waals surface area contributed by atoms with Gasteiger partial charge in [0.2, 0.25) is 11.1 Å². The molecule has 0 aliphatic rings. The maximum Gasteiger partial charge on any atom is 0.230 e. The average Bonchev–Trinajstić information content (AvgIpc) is 3.14. The molecule has 8 heteroatoms. The third kappa shape index (κ3) is 4.85. The van der Waals surface area contributed by atoms with Crippen LogP contribution in [0.15, 0.2) is 53.7 Å². The second-order valence-electron chi connectivity index (χ2n) is 6.12. The molecule has 0 saturated carbocycles. The van der Waals surface area contributed by atoms with Crippen LogP contribution in [0, 0.1) is 6.92 Å². The number of phenols is 1. The summed E-state index contributed by atoms with van der Waals surface area (Å²) < 4.78 is 1.54. The Balaban J connectivity index is 1.62. The molecule has 1 atom stereocenters. The van der Waals surface area contributed by atoms with E-state index in [1.807, 2.05) is 38.1 Å². The molecule has 3 rings (SSSR count). The van der Waals surface area contributed by atoms with Crippen molar-refractivity contribution in [3.63, 3.8) is 0 Å². The van der Waals surface area contributed by atoms with E-state index >= 15 is 0 Å². The normalized spacial score (nSPS) is 11.9. The maximum atomic E-state index is 12.4. The van der Waals surface area contributed by atoms with E-state index in [2.05, 4.69) is 20.8 Å². The van der Waals surface area contributed by atoms with Gasteiger partial charge in [-0.2, -0.15) is 4.68 Å². The van der Waals surface area contributed by atoms with Crippen LogP contribution < -0.4 is 5.32 Å². The lowest BCUT2D eigenvalue weighted by atomic mass is 10.0. The number of hydrogen-bond acceptors (Lipinski definition) is 6. The third-order valence-electron chi connectivity index (χ3n) is 4.09. The van der Waals surface area contributed by atoms with Crippen LogP contribution in [-0.2, 0) is 4.79 Å². The highest BCUT2D eigenvalue weighted by molar-refractivity contribution is 7.99. The summed E-state index contributed by atoms with van der Waals surface area (Å²) in [5.41, 5.74) is 3.00. The van der Waals surface area contributed by atoms with Gasteiger partial charge in [0.05, 0.1) is 17.5 Å². The summed E-state index contributed by atoms with van der Waals surface area (Å²) in [7, 11) is 0. The molecule has 0 unspecified atom stereocenters. The first-order valence-corrected chi connectivity index (χ1v) is 9.62. The van der Waals surface area contributed by atoms with E-state index in [-0.39, 0.29) is 23.5 Å². The summed E-state index contributed by atoms with van der Waals surface area (Å²) in [4.78, 5) is 12.4. The van der Waals surface area contributed by atoms with Crippen LogP contribution >= 0.6 is 11.8 Å². The minimum atomic E-state index is -0.0762. The van der Waals surface area contributed by atoms with E-state index in [0.717, 1.165) is 12.0 Å². The molecule has 1 aromatic heterocycles. The lowest BCUT2D eigenvalue weighted by Crippen LogP contribution is -2.29. The van der Waals surface area contributed by atoms with Crippen LogP contribution in [0.25, 0.3) is 5.69 Å². The number of rotatable bonds is 7. The number of thioether (sulfide) groups is 1. The molecule has 0 aliphatic heterocycles. The Kier molecular flexibility index (Phi) is 6.08. The number of benzene rings is 2. The molecule has 2 aromatic carbocycles. The van der Waals surface area contributed by atoms with Gasteiger partial charge in [-0.3, -0.25) is 4.79 Å². The van der Waals surface area contributed by atoms with Crippen molar-refractivity contribution in [1.29, 1.82) is 0 Å². The van der Waals surface area contributed by atoms with Gasteiger partial charge in [-0.1, -0.05) is 48.5 Å². The Labute approximate surface area is 161 Å². The summed E-state index contributed by atoms with van der Waals surface area (Å²) in [6.07, 6.45) is 0.810. The zero-order chi connectivity index (χ0) is 19.2. The summed E-state index contributed by atoms with van der Waals surface area (Å²) in [6.45, 7) is 4.08. The minimum absolute atomic E-state index is 0.0215. The molecule has 0 aliphatic carbocycles. The number of carbonyl (C=O) groups excluding carboxylic acids is 1. The lowest BCUT2D eigenvalue weighted by Gasteiger charge is -2.17. The van der Waals surface area contributed by atoms with Gasteiger partial charge in [-0.15, -0.1) is 5.10 Å². The number of tetrazole rings is 1. The molecule has 0 bridgehead atoms. The lowest BCUT2D eigenvalue weighted by molar-refractivity contribution is -0.119. The SMILES string of the molecule is CC[C@H](NC(=O)CSc1nnnn1-c1ccc(O)cc1)c1ccc(C)cc1. The Hall–Kier alpha value is -2.87. The number of nitrogens with one attached hydrogen (secondary N) is 1. The highest BCUT2D eigenvalue weighted by Crippen LogP contribution is 2.21. The predicted molar refractivity (Wildman–Crippen MR) is 104 cm³/mol. The van der Waals surface area contributed by atoms with Gasteiger partial charge in [0.25, 0.3) is 0 Å². The van der Waals surface area contributed by atoms with Crippen LogP contribution in [0.1, 0.15) is 30.5 Å². The number of aromatic nitrogens is 4. The van der Waals surface area contributed by atoms with Crippen LogP contribution in [0.2, 0.25) is 0 Å². The molecule has 3 aromatic rings. The average molecular weight is 383 g/mol. The zero-order valence-electron chi connectivity index (χ0n) is 15.2. The molecule has 140 valence electrons. The van der Waals surface area contributed by atoms with Crippen LogP contribution in [-0.4, -0.2) is 37.0 Å². The van der Waals surface area contributed by atoms with E-state index in [1.165, 1.54) is 22.0 Å². The minimum Gasteiger partial charge on any atom is -0.508 e. The summed E-state index contributed by atoms with van der Waals surface area (Å²) in [5.74, 6) is 0.302. The van der Waals surface area contributed by atoms with Crippen LogP contribution in [0.3, 0.4) is 0 Å². The third-order valence-corrected chi connectivity index (χ3v) is 5.01. The molecule has 0 fully saturated rings. The molecule has 1 amide bonds. The molecule has 0 saturated heterocycles. The first kappa shape index (κ1) is 18.9. The zero-order valence-corrected chi connectivity index (χ0v) is 16.0. The maximum absolute atomic E-state index is 12.4. The Morgan fingerprint density at radius 3 is 2.56 bits per heavy atom. The molecule has 1 heterocycles. The number of phenolic OH excluding ortho intramolecular Hbond substituents is 1. The van der Waals surface area contributed by atoms with E-state index in [0.29, 0.717) is 10.8 Å². The standard InChI is InChI=1S/C19H21N5O2S/c1-3-17(14-6-4-13(2)5-7-14)20-18(26)12-27-19-21-22-23-24(19)15-8-10-16(25)11-9-15/h4-11,17,25H,3,12H2,1-2H3,(H,20,26)/t17-/m0/s1. The Bertz CT molecular complexity index is 893. The van der Waals surface area contributed by atoms with Gasteiger partial charge in [-0.05, 0) is 53.6 Å². The number of aryl methyl sites for hydroxylation is 1. The van der Waals surface area contributed by atoms with Gasteiger partial charge in [0, 0.05) is 0 Å². The van der Waals surface area contributed by atoms with E-state index in [1.54, 1.807) is 24.3 Å². The van der Waals surface area contributed by atoms with E-state index in [4.69, 9.17) is 0 Å². The summed E-state index contributed by atoms with van der Waals surface area (Å²) in [6, 6.07) is 14.7. The predicted octanol–water partition coefficient (Wildman–Crippen LogP) is 3.04. The molecular formula is C19H21N5O2S. The molecule has 27 heavy (non-hydrogen) atoms. The van der Waals surface area contributed by atoms with Crippen molar-refractivity contribution in [3.8, 4) is 11.4 Å². The fraction of sp³-hybridized carbons (Fsp3) is 0.263. The van der Waals surface area contributed by atoms with Crippen LogP contribution in [0.5, 0.6) is 5.75 Å². The van der Waals surface area contributed by atoms with Crippen molar-refractivity contribution < 1.29 is 9.90 Å². The first-order chi connectivity index (χ1) is 13.1. The van der Waals surface area contributed by atoms with Crippen molar-refractivity contribution in [2.24, 2.45) is 0 Å². The number of aromatic hydroxyl groups is 1. The van der Waals surface area contributed by atoms with E-state index < -0.39 is 0 Å². The largest absolute Gasteiger partial charge is 0.508 e. The molecule has 2 N–H and O–H groups in total. The second-order valence-corrected chi connectivity index (χ2v) is 7.06. The van der Waals surface area contributed by atoms with Crippen molar-refractivity contribution in [2.45, 2.75) is 31.5 Å². The number of amides is 1. The van der Waals surface area contributed by atoms with Crippen molar-refractivity contribution in [3.05, 3.63) is 59.7 Å². The summed E-state index contributed by atoms with van der Waals surface area (Å²) in [5, 5.41) is 24.6. The number of carbonyl (C=O) groups is 1. The van der Waals surface area contributed by atoms with Gasteiger partial charge >= 0.3 is 0 Å². The van der Waals surface area contributed by atoms with Gasteiger partial charge in [-0.25, -0.2) is 0 Å². The molecule has 7 nitrogen and oxygen atoms in total. The monoisotopic (exact) mass is 383 g/mol. The fourth-order valence-electron chi connectivity index (χ4n) is 2.61. The topological polar surface area (TPSA) is 92.9 Å². The van der Waals surface area contributed by atoms with Crippen molar-refractivity contribution in [2.75, 3.05) is 5.75 Å². The van der Waals surface area contributed by atoms with Gasteiger partial charge in [0.1, 0.15) is 5.75 Å². The Morgan fingerprint density at radius 2 is 1.89 bits per heavy atom. The van der Waals surface area contributed by atoms with Crippen molar-refractivity contribution in [1.82, 2.24) is 25.5 Å². The van der Waals surface area contributed by atoms with Gasteiger partial charge < -0.3 is 10.4 Å². The number of hydrogen-bond donors (Lipinski definition) is 2. The highest BCUT2D eigenvalue weighted by Gasteiger charge is 2.15. The Morgan fingerprint density at radius 1 is 1.19 bits per heavy atom. The second kappa shape index (κ2) is 8.68. The summed E-state index contributed by atoms with van der Waals surface area (Å²) >= 11 is 1.26. The van der Waals surface area contributed by atoms with Crippen molar-refractivity contribution >= 4 is 17.7 Å². The van der Waals surface area contributed by atoms with Gasteiger partial charge in [0.15, 0.2) is 0 Å². The van der Waals surface area contributed by atoms with Crippen LogP contribution in [0.4, 0.5) is 0 Å². The first-order valence-electron chi connectivity index (χ1n) is 8.63. The van der Waals surface area contributed by atoms with E-state index in [9.17, 15) is 9.90 Å². The smallest absolute Gasteiger partial charge is 0.230 e. The number of nitrogens with zero attached hydrogens (tertiary/aromatic N) is 4.